The lowest BCUT2D eigenvalue weighted by Crippen LogP contribution is -2.67. The highest BCUT2D eigenvalue weighted by atomic mass is 16.5. The van der Waals surface area contributed by atoms with Gasteiger partial charge in [-0.2, -0.15) is 0 Å². The molecule has 3 aliphatic rings. The Morgan fingerprint density at radius 1 is 1.24 bits per heavy atom. The van der Waals surface area contributed by atoms with Crippen LogP contribution in [-0.2, 0) is 21.4 Å². The van der Waals surface area contributed by atoms with E-state index in [4.69, 9.17) is 9.47 Å². The lowest BCUT2D eigenvalue weighted by Gasteiger charge is -2.58. The van der Waals surface area contributed by atoms with Gasteiger partial charge in [-0.25, -0.2) is 0 Å². The van der Waals surface area contributed by atoms with E-state index in [-0.39, 0.29) is 22.9 Å². The van der Waals surface area contributed by atoms with E-state index >= 15 is 0 Å². The minimum Gasteiger partial charge on any atom is -0.504 e. The van der Waals surface area contributed by atoms with Gasteiger partial charge in [0.05, 0.1) is 34.9 Å². The third-order valence-electron chi connectivity index (χ3n) is 6.76. The van der Waals surface area contributed by atoms with E-state index in [0.29, 0.717) is 24.0 Å². The Balaban J connectivity index is 1.99. The number of phenols is 1. The zero-order valence-electron chi connectivity index (χ0n) is 15.3. The number of carbonyl (C=O) groups excluding carboxylic acids is 1. The summed E-state index contributed by atoms with van der Waals surface area (Å²) in [6.07, 6.45) is 4.17. The third kappa shape index (κ3) is 2.08. The molecule has 0 radical (unpaired) electrons. The van der Waals surface area contributed by atoms with Crippen LogP contribution in [0.2, 0.25) is 0 Å². The molecule has 1 aromatic carbocycles. The molecular formula is C20H26NO4+. The smallest absolute Gasteiger partial charge is 0.197 e. The highest BCUT2D eigenvalue weighted by molar-refractivity contribution is 5.96. The SMILES string of the molecule is COC1=CC2C3Cc4ccc(OC)c(O)c4[C@]2(CC[N+]3(C)C)CC1=O. The number of phenolic OH excluding ortho intramolecular Hbond substituents is 1. The average molecular weight is 344 g/mol. The van der Waals surface area contributed by atoms with Crippen molar-refractivity contribution in [1.29, 1.82) is 0 Å². The summed E-state index contributed by atoms with van der Waals surface area (Å²) in [4.78, 5) is 12.7. The minimum absolute atomic E-state index is 0.0276. The van der Waals surface area contributed by atoms with E-state index < -0.39 is 0 Å². The number of nitrogens with zero attached hydrogens (tertiary/aromatic N) is 1. The number of piperidine rings is 1. The van der Waals surface area contributed by atoms with Crippen molar-refractivity contribution in [2.75, 3.05) is 34.9 Å². The molecule has 134 valence electrons. The number of benzene rings is 1. The van der Waals surface area contributed by atoms with Crippen molar-refractivity contribution in [2.24, 2.45) is 5.92 Å². The number of fused-ring (bicyclic) bond motifs is 1. The van der Waals surface area contributed by atoms with Crippen molar-refractivity contribution in [3.05, 3.63) is 35.1 Å². The lowest BCUT2D eigenvalue weighted by atomic mass is 9.53. The fourth-order valence-corrected chi connectivity index (χ4v) is 5.40. The second kappa shape index (κ2) is 5.24. The third-order valence-corrected chi connectivity index (χ3v) is 6.76. The molecule has 4 rings (SSSR count). The molecule has 0 amide bonds. The predicted octanol–water partition coefficient (Wildman–Crippen LogP) is 2.16. The summed E-state index contributed by atoms with van der Waals surface area (Å²) in [7, 11) is 7.66. The molecule has 1 N–H and O–H groups in total. The van der Waals surface area contributed by atoms with Gasteiger partial charge in [-0.05, 0) is 17.7 Å². The van der Waals surface area contributed by atoms with E-state index in [1.807, 2.05) is 12.1 Å². The van der Waals surface area contributed by atoms with Crippen LogP contribution < -0.4 is 4.74 Å². The largest absolute Gasteiger partial charge is 0.504 e. The van der Waals surface area contributed by atoms with Crippen LogP contribution in [0.5, 0.6) is 11.5 Å². The van der Waals surface area contributed by atoms with Gasteiger partial charge in [0.15, 0.2) is 23.0 Å². The van der Waals surface area contributed by atoms with E-state index in [9.17, 15) is 9.90 Å². The molecule has 0 aromatic heterocycles. The number of likely N-dealkylation sites (tertiary alicyclic amines) is 1. The average Bonchev–Trinajstić information content (AvgIpc) is 2.58. The highest BCUT2D eigenvalue weighted by Gasteiger charge is 2.60. The van der Waals surface area contributed by atoms with Crippen molar-refractivity contribution in [1.82, 2.24) is 0 Å². The van der Waals surface area contributed by atoms with E-state index in [0.717, 1.165) is 35.0 Å². The van der Waals surface area contributed by atoms with Crippen molar-refractivity contribution in [3.8, 4) is 11.5 Å². The highest BCUT2D eigenvalue weighted by Crippen LogP contribution is 2.58. The van der Waals surface area contributed by atoms with Crippen LogP contribution in [0.1, 0.15) is 24.0 Å². The summed E-state index contributed by atoms with van der Waals surface area (Å²) >= 11 is 0. The molecule has 1 heterocycles. The van der Waals surface area contributed by atoms with Crippen LogP contribution in [0.15, 0.2) is 24.0 Å². The number of ether oxygens (including phenoxy) is 2. The number of ketones is 1. The molecule has 2 bridgehead atoms. The van der Waals surface area contributed by atoms with Gasteiger partial charge in [-0.3, -0.25) is 4.79 Å². The molecule has 2 unspecified atom stereocenters. The maximum atomic E-state index is 12.7. The van der Waals surface area contributed by atoms with Gasteiger partial charge in [0.25, 0.3) is 0 Å². The second-order valence-corrected chi connectivity index (χ2v) is 8.19. The van der Waals surface area contributed by atoms with Crippen molar-refractivity contribution >= 4 is 5.78 Å². The van der Waals surface area contributed by atoms with Crippen LogP contribution in [0.3, 0.4) is 0 Å². The summed E-state index contributed by atoms with van der Waals surface area (Å²) in [5.74, 6) is 1.36. The monoisotopic (exact) mass is 344 g/mol. The fraction of sp³-hybridized carbons (Fsp3) is 0.550. The van der Waals surface area contributed by atoms with Gasteiger partial charge in [-0.15, -0.1) is 0 Å². The zero-order valence-corrected chi connectivity index (χ0v) is 15.3. The minimum atomic E-state index is -0.357. The van der Waals surface area contributed by atoms with Gasteiger partial charge < -0.3 is 19.1 Å². The number of rotatable bonds is 2. The molecule has 25 heavy (non-hydrogen) atoms. The number of carbonyl (C=O) groups is 1. The summed E-state index contributed by atoms with van der Waals surface area (Å²) in [5.41, 5.74) is 1.71. The molecule has 0 spiro atoms. The van der Waals surface area contributed by atoms with Crippen LogP contribution >= 0.6 is 0 Å². The summed E-state index contributed by atoms with van der Waals surface area (Å²) < 4.78 is 11.6. The second-order valence-electron chi connectivity index (χ2n) is 8.19. The maximum Gasteiger partial charge on any atom is 0.197 e. The van der Waals surface area contributed by atoms with Gasteiger partial charge in [-0.1, -0.05) is 6.07 Å². The lowest BCUT2D eigenvalue weighted by molar-refractivity contribution is -0.925. The summed E-state index contributed by atoms with van der Waals surface area (Å²) in [6.45, 7) is 0.987. The molecule has 2 aliphatic carbocycles. The molecule has 0 saturated carbocycles. The Labute approximate surface area is 148 Å². The standard InChI is InChI=1S/C20H25NO4/c1-21(2)8-7-20-11-15(22)17(25-4)10-13(20)14(21)9-12-5-6-16(24-3)19(23)18(12)20/h5-6,10,13-14H,7-9,11H2,1-4H3/p+1/t13?,14?,20-/m1/s1. The van der Waals surface area contributed by atoms with Crippen LogP contribution in [0.4, 0.5) is 0 Å². The van der Waals surface area contributed by atoms with Gasteiger partial charge in [0, 0.05) is 36.2 Å². The first-order valence-electron chi connectivity index (χ1n) is 8.85. The van der Waals surface area contributed by atoms with E-state index in [1.165, 1.54) is 0 Å². The Morgan fingerprint density at radius 3 is 2.68 bits per heavy atom. The molecule has 5 nitrogen and oxygen atoms in total. The molecule has 3 atom stereocenters. The first-order chi connectivity index (χ1) is 11.8. The van der Waals surface area contributed by atoms with Crippen molar-refractivity contribution in [2.45, 2.75) is 30.7 Å². The first kappa shape index (κ1) is 16.5. The van der Waals surface area contributed by atoms with Crippen LogP contribution in [0.25, 0.3) is 0 Å². The summed E-state index contributed by atoms with van der Waals surface area (Å²) in [6, 6.07) is 4.26. The number of methoxy groups -OCH3 is 2. The Morgan fingerprint density at radius 2 is 2.00 bits per heavy atom. The first-order valence-corrected chi connectivity index (χ1v) is 8.85. The number of hydrogen-bond acceptors (Lipinski definition) is 4. The van der Waals surface area contributed by atoms with Crippen molar-refractivity contribution < 1.29 is 23.9 Å². The number of hydrogen-bond donors (Lipinski definition) is 1. The van der Waals surface area contributed by atoms with Gasteiger partial charge >= 0.3 is 0 Å². The maximum absolute atomic E-state index is 12.7. The fourth-order valence-electron chi connectivity index (χ4n) is 5.40. The number of likely N-dealkylation sites (N-methyl/N-ethyl adjacent to an activating group) is 1. The Hall–Kier alpha value is -2.01. The van der Waals surface area contributed by atoms with Crippen molar-refractivity contribution in [3.63, 3.8) is 0 Å². The number of quaternary nitrogens is 1. The number of aromatic hydroxyl groups is 1. The topological polar surface area (TPSA) is 55.8 Å². The molecule has 5 heteroatoms. The Bertz CT molecular complexity index is 782. The van der Waals surface area contributed by atoms with E-state index in [1.54, 1.807) is 14.2 Å². The van der Waals surface area contributed by atoms with Gasteiger partial charge in [0.2, 0.25) is 0 Å². The zero-order chi connectivity index (χ0) is 18.0. The molecular weight excluding hydrogens is 318 g/mol. The molecule has 1 fully saturated rings. The van der Waals surface area contributed by atoms with E-state index in [2.05, 4.69) is 20.2 Å². The predicted molar refractivity (Wildman–Crippen MR) is 93.6 cm³/mol. The summed E-state index contributed by atoms with van der Waals surface area (Å²) in [5, 5.41) is 10.9. The quantitative estimate of drug-likeness (QED) is 0.836. The Kier molecular flexibility index (Phi) is 3.45. The van der Waals surface area contributed by atoms with Crippen LogP contribution in [0, 0.1) is 5.92 Å². The number of allylic oxidation sites excluding steroid dienone is 1. The normalized spacial score (nSPS) is 32.3. The van der Waals surface area contributed by atoms with Gasteiger partial charge in [0.1, 0.15) is 6.04 Å². The van der Waals surface area contributed by atoms with Crippen LogP contribution in [-0.4, -0.2) is 56.3 Å². The number of Topliss-reactive ketones (excluding diaryl/α,β-unsaturated/α-hetero) is 1. The molecule has 1 aromatic rings. The molecule has 1 aliphatic heterocycles. The molecule has 1 saturated heterocycles.